The number of carbonyl (C=O) groups is 1. The Morgan fingerprint density at radius 2 is 1.52 bits per heavy atom. The fourth-order valence-electron chi connectivity index (χ4n) is 4.06. The minimum absolute atomic E-state index is 0.0941. The van der Waals surface area contributed by atoms with Crippen molar-refractivity contribution < 1.29 is 4.79 Å². The van der Waals surface area contributed by atoms with E-state index >= 15 is 0 Å². The summed E-state index contributed by atoms with van der Waals surface area (Å²) in [5, 5.41) is 3.15. The molecule has 0 aliphatic heterocycles. The van der Waals surface area contributed by atoms with Gasteiger partial charge in [-0.15, -0.1) is 0 Å². The number of para-hydroxylation sites is 1. The zero-order valence-electron chi connectivity index (χ0n) is 19.4. The van der Waals surface area contributed by atoms with Crippen LogP contribution in [0.3, 0.4) is 0 Å². The number of urea groups is 1. The van der Waals surface area contributed by atoms with E-state index in [-0.39, 0.29) is 6.03 Å². The molecule has 3 aromatic carbocycles. The third-order valence-electron chi connectivity index (χ3n) is 6.02. The van der Waals surface area contributed by atoms with E-state index in [9.17, 15) is 4.79 Å². The van der Waals surface area contributed by atoms with Crippen LogP contribution in [0.5, 0.6) is 0 Å². The van der Waals surface area contributed by atoms with E-state index in [4.69, 9.17) is 0 Å². The average molecular weight is 438 g/mol. The second kappa shape index (κ2) is 10.7. The molecule has 0 saturated carbocycles. The molecule has 4 nitrogen and oxygen atoms in total. The van der Waals surface area contributed by atoms with Crippen molar-refractivity contribution in [2.75, 3.05) is 5.32 Å². The number of aryl methyl sites for hydroxylation is 2. The number of hydrogen-bond acceptors (Lipinski definition) is 1. The van der Waals surface area contributed by atoms with Gasteiger partial charge < -0.3 is 14.8 Å². The number of aromatic nitrogens is 1. The third kappa shape index (κ3) is 5.72. The second-order valence-corrected chi connectivity index (χ2v) is 8.34. The molecule has 0 fully saturated rings. The van der Waals surface area contributed by atoms with Crippen molar-refractivity contribution in [2.24, 2.45) is 0 Å². The molecular weight excluding hydrogens is 406 g/mol. The number of carbonyl (C=O) groups excluding carboxylic acids is 1. The Labute approximate surface area is 196 Å². The highest BCUT2D eigenvalue weighted by atomic mass is 16.2. The minimum Gasteiger partial charge on any atom is -0.345 e. The molecule has 1 heterocycles. The van der Waals surface area contributed by atoms with E-state index < -0.39 is 0 Å². The first-order valence-electron chi connectivity index (χ1n) is 11.5. The van der Waals surface area contributed by atoms with Crippen molar-refractivity contribution in [1.82, 2.24) is 9.47 Å². The maximum absolute atomic E-state index is 13.4. The van der Waals surface area contributed by atoms with Crippen LogP contribution in [0.15, 0.2) is 97.2 Å². The molecule has 1 N–H and O–H groups in total. The molecule has 1 aromatic heterocycles. The number of anilines is 1. The molecule has 0 atom stereocenters. The summed E-state index contributed by atoms with van der Waals surface area (Å²) < 4.78 is 2.23. The number of hydrogen-bond donors (Lipinski definition) is 1. The first-order valence-corrected chi connectivity index (χ1v) is 11.5. The zero-order chi connectivity index (χ0) is 23.0. The number of nitrogens with zero attached hydrogens (tertiary/aromatic N) is 2. The Bertz CT molecular complexity index is 1200. The largest absolute Gasteiger partial charge is 0.345 e. The molecule has 4 rings (SSSR count). The van der Waals surface area contributed by atoms with Crippen molar-refractivity contribution in [3.05, 3.63) is 125 Å². The topological polar surface area (TPSA) is 37.3 Å². The van der Waals surface area contributed by atoms with Crippen molar-refractivity contribution in [3.63, 3.8) is 0 Å². The van der Waals surface area contributed by atoms with Crippen LogP contribution >= 0.6 is 0 Å². The van der Waals surface area contributed by atoms with Gasteiger partial charge in [0.25, 0.3) is 0 Å². The average Bonchev–Trinajstić information content (AvgIpc) is 3.27. The molecule has 33 heavy (non-hydrogen) atoms. The maximum atomic E-state index is 13.4. The quantitative estimate of drug-likeness (QED) is 0.329. The minimum atomic E-state index is -0.0941. The Hall–Kier alpha value is -3.79. The Balaban J connectivity index is 1.57. The van der Waals surface area contributed by atoms with Crippen molar-refractivity contribution in [1.29, 1.82) is 0 Å². The van der Waals surface area contributed by atoms with Crippen LogP contribution in [-0.2, 0) is 26.1 Å². The smallest absolute Gasteiger partial charge is 0.322 e. The van der Waals surface area contributed by atoms with Crippen LogP contribution in [0, 0.1) is 6.92 Å². The lowest BCUT2D eigenvalue weighted by Gasteiger charge is -2.25. The first-order chi connectivity index (χ1) is 16.1. The number of benzene rings is 3. The van der Waals surface area contributed by atoms with Crippen LogP contribution in [0.4, 0.5) is 10.5 Å². The fraction of sp³-hybridized carbons (Fsp3) is 0.207. The van der Waals surface area contributed by atoms with Crippen LogP contribution in [0.2, 0.25) is 0 Å². The maximum Gasteiger partial charge on any atom is 0.322 e. The normalized spacial score (nSPS) is 10.7. The summed E-state index contributed by atoms with van der Waals surface area (Å²) in [5.41, 5.74) is 6.77. The van der Waals surface area contributed by atoms with Crippen molar-refractivity contribution in [2.45, 2.75) is 39.9 Å². The highest BCUT2D eigenvalue weighted by Gasteiger charge is 2.18. The van der Waals surface area contributed by atoms with E-state index in [2.05, 4.69) is 84.5 Å². The van der Waals surface area contributed by atoms with Crippen LogP contribution < -0.4 is 5.32 Å². The summed E-state index contributed by atoms with van der Waals surface area (Å²) >= 11 is 0. The lowest BCUT2D eigenvalue weighted by Crippen LogP contribution is -2.35. The molecule has 0 unspecified atom stereocenters. The van der Waals surface area contributed by atoms with Crippen molar-refractivity contribution in [3.8, 4) is 0 Å². The highest BCUT2D eigenvalue weighted by molar-refractivity contribution is 5.90. The molecule has 4 aromatic rings. The van der Waals surface area contributed by atoms with Gasteiger partial charge in [0.1, 0.15) is 0 Å². The van der Waals surface area contributed by atoms with Gasteiger partial charge >= 0.3 is 6.03 Å². The van der Waals surface area contributed by atoms with Gasteiger partial charge in [0, 0.05) is 30.7 Å². The van der Waals surface area contributed by atoms with Gasteiger partial charge in [0.15, 0.2) is 0 Å². The molecule has 2 amide bonds. The summed E-state index contributed by atoms with van der Waals surface area (Å²) in [6.45, 7) is 6.09. The van der Waals surface area contributed by atoms with Gasteiger partial charge in [-0.2, -0.15) is 0 Å². The molecule has 168 valence electrons. The summed E-state index contributed by atoms with van der Waals surface area (Å²) in [7, 11) is 0. The van der Waals surface area contributed by atoms with E-state index in [0.29, 0.717) is 13.1 Å². The third-order valence-corrected chi connectivity index (χ3v) is 6.02. The fourth-order valence-corrected chi connectivity index (χ4v) is 4.06. The highest BCUT2D eigenvalue weighted by Crippen LogP contribution is 2.19. The van der Waals surface area contributed by atoms with Gasteiger partial charge in [-0.1, -0.05) is 79.7 Å². The van der Waals surface area contributed by atoms with Gasteiger partial charge in [0.2, 0.25) is 0 Å². The zero-order valence-corrected chi connectivity index (χ0v) is 19.4. The van der Waals surface area contributed by atoms with Crippen LogP contribution in [0.25, 0.3) is 0 Å². The lowest BCUT2D eigenvalue weighted by atomic mass is 10.1. The molecule has 0 radical (unpaired) electrons. The molecule has 0 aliphatic carbocycles. The van der Waals surface area contributed by atoms with Gasteiger partial charge in [-0.05, 0) is 53.8 Å². The monoisotopic (exact) mass is 437 g/mol. The van der Waals surface area contributed by atoms with E-state index in [1.807, 2.05) is 41.3 Å². The summed E-state index contributed by atoms with van der Waals surface area (Å²) in [6.07, 6.45) is 2.96. The number of amides is 2. The molecule has 0 bridgehead atoms. The summed E-state index contributed by atoms with van der Waals surface area (Å²) in [6, 6.07) is 30.7. The van der Waals surface area contributed by atoms with E-state index in [0.717, 1.165) is 35.5 Å². The summed E-state index contributed by atoms with van der Waals surface area (Å²) in [4.78, 5) is 15.3. The molecular formula is C29H31N3O. The molecule has 4 heteroatoms. The first kappa shape index (κ1) is 22.4. The van der Waals surface area contributed by atoms with Crippen LogP contribution in [0.1, 0.15) is 34.9 Å². The standard InChI is InChI=1S/C29H31N3O/c1-3-25-15-9-10-18-28(25)30-29(33)32(20-24-13-5-4-6-14-24)22-27-17-11-19-31(27)21-26-16-8-7-12-23(26)2/h4-19H,3,20-22H2,1-2H3,(H,30,33). The van der Waals surface area contributed by atoms with Gasteiger partial charge in [-0.3, -0.25) is 0 Å². The predicted molar refractivity (Wildman–Crippen MR) is 135 cm³/mol. The molecule has 0 saturated heterocycles. The predicted octanol–water partition coefficient (Wildman–Crippen LogP) is 6.64. The summed E-state index contributed by atoms with van der Waals surface area (Å²) in [5.74, 6) is 0. The second-order valence-electron chi connectivity index (χ2n) is 8.34. The van der Waals surface area contributed by atoms with E-state index in [1.54, 1.807) is 0 Å². The Morgan fingerprint density at radius 3 is 2.27 bits per heavy atom. The molecule has 0 spiro atoms. The lowest BCUT2D eigenvalue weighted by molar-refractivity contribution is 0.205. The van der Waals surface area contributed by atoms with Gasteiger partial charge in [0.05, 0.1) is 6.54 Å². The number of rotatable bonds is 8. The van der Waals surface area contributed by atoms with Crippen molar-refractivity contribution >= 4 is 11.7 Å². The Morgan fingerprint density at radius 1 is 0.818 bits per heavy atom. The number of nitrogens with one attached hydrogen (secondary N) is 1. The SMILES string of the molecule is CCc1ccccc1NC(=O)N(Cc1ccccc1)Cc1cccn1Cc1ccccc1C. The van der Waals surface area contributed by atoms with Gasteiger partial charge in [-0.25, -0.2) is 4.79 Å². The van der Waals surface area contributed by atoms with Crippen LogP contribution in [-0.4, -0.2) is 15.5 Å². The molecule has 0 aliphatic rings. The van der Waals surface area contributed by atoms with E-state index in [1.165, 1.54) is 11.1 Å². The Kier molecular flexibility index (Phi) is 7.26.